The van der Waals surface area contributed by atoms with Crippen molar-refractivity contribution in [3.8, 4) is 0 Å². The molecule has 1 saturated carbocycles. The molecule has 0 bridgehead atoms. The molecular weight excluding hydrogens is 399 g/mol. The summed E-state index contributed by atoms with van der Waals surface area (Å²) in [6.45, 7) is 0. The quantitative estimate of drug-likeness (QED) is 0.601. The molecule has 0 aliphatic heterocycles. The Morgan fingerprint density at radius 3 is 2.50 bits per heavy atom. The van der Waals surface area contributed by atoms with Crippen LogP contribution in [0.5, 0.6) is 0 Å². The van der Waals surface area contributed by atoms with Gasteiger partial charge in [-0.2, -0.15) is 18.3 Å². The smallest absolute Gasteiger partial charge is 0.382 e. The van der Waals surface area contributed by atoms with Gasteiger partial charge in [0.05, 0.1) is 0 Å². The Kier molecular flexibility index (Phi) is 5.04. The van der Waals surface area contributed by atoms with Gasteiger partial charge in [0.25, 0.3) is 5.91 Å². The molecule has 0 aromatic carbocycles. The van der Waals surface area contributed by atoms with Crippen molar-refractivity contribution in [1.82, 2.24) is 24.5 Å². The van der Waals surface area contributed by atoms with Gasteiger partial charge in [-0.1, -0.05) is 6.07 Å². The SMILES string of the molecule is Cn1cc(C(=O)NC2CCC(Nc3cccc4nc(C(F)(F)F)cn34)CC2)c(N)n1. The number of hydrogen-bond acceptors (Lipinski definition) is 5. The van der Waals surface area contributed by atoms with Crippen LogP contribution in [0.1, 0.15) is 41.7 Å². The first-order valence-corrected chi connectivity index (χ1v) is 9.62. The minimum atomic E-state index is -4.49. The number of imidazole rings is 1. The summed E-state index contributed by atoms with van der Waals surface area (Å²) in [6, 6.07) is 5.04. The van der Waals surface area contributed by atoms with Gasteiger partial charge in [-0.05, 0) is 37.8 Å². The molecule has 8 nitrogen and oxygen atoms in total. The van der Waals surface area contributed by atoms with Gasteiger partial charge in [0.2, 0.25) is 0 Å². The van der Waals surface area contributed by atoms with Crippen LogP contribution in [0.4, 0.5) is 24.8 Å². The molecule has 3 aromatic heterocycles. The summed E-state index contributed by atoms with van der Waals surface area (Å²) in [6.07, 6.45) is 1.13. The second-order valence-electron chi connectivity index (χ2n) is 7.53. The van der Waals surface area contributed by atoms with Crippen molar-refractivity contribution in [1.29, 1.82) is 0 Å². The number of halogens is 3. The highest BCUT2D eigenvalue weighted by atomic mass is 19.4. The van der Waals surface area contributed by atoms with E-state index in [4.69, 9.17) is 5.73 Å². The normalized spacial score (nSPS) is 19.7. The molecule has 0 spiro atoms. The number of nitrogens with two attached hydrogens (primary N) is 1. The lowest BCUT2D eigenvalue weighted by molar-refractivity contribution is -0.140. The Labute approximate surface area is 170 Å². The molecule has 0 unspecified atom stereocenters. The Hall–Kier alpha value is -3.24. The lowest BCUT2D eigenvalue weighted by Gasteiger charge is -2.30. The molecule has 0 saturated heterocycles. The van der Waals surface area contributed by atoms with Crippen molar-refractivity contribution in [3.63, 3.8) is 0 Å². The van der Waals surface area contributed by atoms with Gasteiger partial charge < -0.3 is 16.4 Å². The summed E-state index contributed by atoms with van der Waals surface area (Å²) < 4.78 is 41.8. The van der Waals surface area contributed by atoms with E-state index in [2.05, 4.69) is 20.7 Å². The van der Waals surface area contributed by atoms with Gasteiger partial charge in [-0.3, -0.25) is 13.9 Å². The van der Waals surface area contributed by atoms with E-state index in [-0.39, 0.29) is 29.5 Å². The Balaban J connectivity index is 1.38. The topological polar surface area (TPSA) is 102 Å². The highest BCUT2D eigenvalue weighted by Gasteiger charge is 2.34. The Morgan fingerprint density at radius 2 is 1.87 bits per heavy atom. The van der Waals surface area contributed by atoms with Crippen LogP contribution in [0, 0.1) is 0 Å². The fourth-order valence-corrected chi connectivity index (χ4v) is 3.80. The molecule has 0 atom stereocenters. The van der Waals surface area contributed by atoms with Crippen molar-refractivity contribution in [2.75, 3.05) is 11.1 Å². The molecular formula is C19H22F3N7O. The van der Waals surface area contributed by atoms with E-state index in [1.807, 2.05) is 0 Å². The van der Waals surface area contributed by atoms with E-state index in [1.54, 1.807) is 25.4 Å². The largest absolute Gasteiger partial charge is 0.434 e. The number of hydrogen-bond donors (Lipinski definition) is 3. The number of nitrogen functional groups attached to an aromatic ring is 1. The van der Waals surface area contributed by atoms with Crippen LogP contribution in [0.2, 0.25) is 0 Å². The maximum absolute atomic E-state index is 13.0. The van der Waals surface area contributed by atoms with Crippen molar-refractivity contribution in [2.45, 2.75) is 43.9 Å². The number of aromatic nitrogens is 4. The highest BCUT2D eigenvalue weighted by molar-refractivity contribution is 5.98. The first kappa shape index (κ1) is 20.0. The molecule has 4 N–H and O–H groups in total. The molecule has 1 fully saturated rings. The summed E-state index contributed by atoms with van der Waals surface area (Å²) in [4.78, 5) is 16.0. The number of fused-ring (bicyclic) bond motifs is 1. The molecule has 1 aliphatic rings. The zero-order valence-electron chi connectivity index (χ0n) is 16.3. The number of alkyl halides is 3. The number of rotatable bonds is 4. The number of aryl methyl sites for hydroxylation is 1. The van der Waals surface area contributed by atoms with Crippen LogP contribution in [-0.4, -0.2) is 37.2 Å². The van der Waals surface area contributed by atoms with Crippen molar-refractivity contribution in [3.05, 3.63) is 41.9 Å². The monoisotopic (exact) mass is 421 g/mol. The highest BCUT2D eigenvalue weighted by Crippen LogP contribution is 2.30. The van der Waals surface area contributed by atoms with Crippen LogP contribution < -0.4 is 16.4 Å². The van der Waals surface area contributed by atoms with Gasteiger partial charge in [0, 0.05) is 31.5 Å². The second-order valence-corrected chi connectivity index (χ2v) is 7.53. The van der Waals surface area contributed by atoms with Gasteiger partial charge in [-0.15, -0.1) is 0 Å². The van der Waals surface area contributed by atoms with Crippen LogP contribution in [0.15, 0.2) is 30.6 Å². The fraction of sp³-hybridized carbons (Fsp3) is 0.421. The van der Waals surface area contributed by atoms with Crippen molar-refractivity contribution in [2.24, 2.45) is 7.05 Å². The number of nitrogens with zero attached hydrogens (tertiary/aromatic N) is 4. The van der Waals surface area contributed by atoms with Crippen molar-refractivity contribution >= 4 is 23.2 Å². The molecule has 30 heavy (non-hydrogen) atoms. The number of amides is 1. The third kappa shape index (κ3) is 4.05. The summed E-state index contributed by atoms with van der Waals surface area (Å²) in [5.74, 6) is 0.503. The molecule has 4 rings (SSSR count). The summed E-state index contributed by atoms with van der Waals surface area (Å²) in [5, 5.41) is 10.3. The van der Waals surface area contributed by atoms with Gasteiger partial charge in [0.15, 0.2) is 11.5 Å². The maximum atomic E-state index is 13.0. The van der Waals surface area contributed by atoms with E-state index in [1.165, 1.54) is 15.1 Å². The fourth-order valence-electron chi connectivity index (χ4n) is 3.80. The minimum absolute atomic E-state index is 0.0102. The zero-order chi connectivity index (χ0) is 21.5. The molecule has 1 aliphatic carbocycles. The van der Waals surface area contributed by atoms with E-state index < -0.39 is 11.9 Å². The first-order valence-electron chi connectivity index (χ1n) is 9.62. The molecule has 3 heterocycles. The number of carbonyl (C=O) groups is 1. The zero-order valence-corrected chi connectivity index (χ0v) is 16.3. The molecule has 3 aromatic rings. The maximum Gasteiger partial charge on any atom is 0.434 e. The van der Waals surface area contributed by atoms with E-state index in [0.29, 0.717) is 11.4 Å². The average molecular weight is 421 g/mol. The van der Waals surface area contributed by atoms with E-state index in [9.17, 15) is 18.0 Å². The van der Waals surface area contributed by atoms with Crippen LogP contribution in [-0.2, 0) is 13.2 Å². The predicted octanol–water partition coefficient (Wildman–Crippen LogP) is 2.82. The van der Waals surface area contributed by atoms with E-state index >= 15 is 0 Å². The lowest BCUT2D eigenvalue weighted by Crippen LogP contribution is -2.40. The molecule has 11 heteroatoms. The molecule has 1 amide bonds. The minimum Gasteiger partial charge on any atom is -0.382 e. The third-order valence-corrected chi connectivity index (χ3v) is 5.30. The van der Waals surface area contributed by atoms with Crippen LogP contribution in [0.25, 0.3) is 5.65 Å². The van der Waals surface area contributed by atoms with Gasteiger partial charge >= 0.3 is 6.18 Å². The summed E-state index contributed by atoms with van der Waals surface area (Å²) >= 11 is 0. The predicted molar refractivity (Wildman–Crippen MR) is 105 cm³/mol. The number of nitrogens with one attached hydrogen (secondary N) is 2. The number of pyridine rings is 1. The Bertz CT molecular complexity index is 1060. The average Bonchev–Trinajstić information content (AvgIpc) is 3.27. The number of anilines is 2. The molecule has 160 valence electrons. The van der Waals surface area contributed by atoms with Gasteiger partial charge in [0.1, 0.15) is 17.0 Å². The van der Waals surface area contributed by atoms with Crippen molar-refractivity contribution < 1.29 is 18.0 Å². The third-order valence-electron chi connectivity index (χ3n) is 5.30. The van der Waals surface area contributed by atoms with E-state index in [0.717, 1.165) is 31.9 Å². The lowest BCUT2D eigenvalue weighted by atomic mass is 9.91. The summed E-state index contributed by atoms with van der Waals surface area (Å²) in [5.41, 5.74) is 5.42. The number of carbonyl (C=O) groups excluding carboxylic acids is 1. The van der Waals surface area contributed by atoms with Crippen LogP contribution in [0.3, 0.4) is 0 Å². The van der Waals surface area contributed by atoms with Gasteiger partial charge in [-0.25, -0.2) is 4.98 Å². The standard InChI is InChI=1S/C19H22F3N7O/c1-28-9-13(17(23)27-28)18(30)25-12-7-5-11(6-8-12)24-15-3-2-4-16-26-14(10-29(15)16)19(20,21)22/h2-4,9-12,24H,5-8H2,1H3,(H2,23,27)(H,25,30). The molecule has 0 radical (unpaired) electrons. The first-order chi connectivity index (χ1) is 14.2. The summed E-state index contributed by atoms with van der Waals surface area (Å²) in [7, 11) is 1.70. The second kappa shape index (κ2) is 7.54. The van der Waals surface area contributed by atoms with Crippen LogP contribution >= 0.6 is 0 Å². The Morgan fingerprint density at radius 1 is 1.17 bits per heavy atom.